The van der Waals surface area contributed by atoms with Crippen LogP contribution in [-0.2, 0) is 11.8 Å². The van der Waals surface area contributed by atoms with Crippen molar-refractivity contribution in [3.63, 3.8) is 0 Å². The quantitative estimate of drug-likeness (QED) is 0.429. The Morgan fingerprint density at radius 3 is 2.62 bits per heavy atom. The number of rotatable bonds is 5. The van der Waals surface area contributed by atoms with Gasteiger partial charge in [0.2, 0.25) is 11.9 Å². The van der Waals surface area contributed by atoms with Crippen molar-refractivity contribution in [3.05, 3.63) is 69.4 Å². The Kier molecular flexibility index (Phi) is 6.55. The molecular weight excluding hydrogens is 471 g/mol. The number of fused-ring (bicyclic) bond motifs is 3. The van der Waals surface area contributed by atoms with Crippen LogP contribution in [0.4, 0.5) is 16.0 Å². The molecule has 0 saturated carbocycles. The van der Waals surface area contributed by atoms with E-state index in [0.717, 1.165) is 66.1 Å². The molecule has 2 aromatic carbocycles. The molecule has 1 amide bonds. The predicted octanol–water partition coefficient (Wildman–Crippen LogP) is 4.09. The van der Waals surface area contributed by atoms with E-state index in [9.17, 15) is 14.0 Å². The molecule has 0 unspecified atom stereocenters. The van der Waals surface area contributed by atoms with Crippen molar-refractivity contribution in [2.75, 3.05) is 38.0 Å². The number of hydrogen-bond donors (Lipinski definition) is 2. The standard InChI is InChI=1S/C28H31FN6O2/c1-17-16-20(29)7-9-22(17)31-28-32-24-10-8-21-18(2)23(30-27(37)25(21)26(24)33(28)4)6-5-11-34-12-14-35(15-13-34)19(3)36/h5-10,16H,11-15H2,1-4H3,(H,30,37)(H,31,32). The van der Waals surface area contributed by atoms with Crippen molar-refractivity contribution in [3.8, 4) is 0 Å². The summed E-state index contributed by atoms with van der Waals surface area (Å²) in [6.45, 7) is 9.36. The van der Waals surface area contributed by atoms with E-state index in [0.29, 0.717) is 16.9 Å². The lowest BCUT2D eigenvalue weighted by Gasteiger charge is -2.33. The fourth-order valence-corrected chi connectivity index (χ4v) is 5.00. The van der Waals surface area contributed by atoms with Gasteiger partial charge >= 0.3 is 0 Å². The summed E-state index contributed by atoms with van der Waals surface area (Å²) in [5.41, 5.74) is 4.56. The molecule has 8 nitrogen and oxygen atoms in total. The van der Waals surface area contributed by atoms with Gasteiger partial charge in [0, 0.05) is 58.1 Å². The molecule has 0 radical (unpaired) electrons. The molecule has 9 heteroatoms. The molecule has 0 atom stereocenters. The third-order valence-electron chi connectivity index (χ3n) is 7.22. The number of benzene rings is 2. The molecule has 0 aliphatic carbocycles. The van der Waals surface area contributed by atoms with Gasteiger partial charge in [0.1, 0.15) is 5.82 Å². The first-order valence-electron chi connectivity index (χ1n) is 12.4. The number of halogens is 1. The van der Waals surface area contributed by atoms with E-state index in [2.05, 4.69) is 21.3 Å². The molecule has 1 aliphatic heterocycles. The van der Waals surface area contributed by atoms with Crippen LogP contribution in [0.25, 0.3) is 27.9 Å². The minimum atomic E-state index is -0.290. The second kappa shape index (κ2) is 9.82. The number of pyridine rings is 1. The van der Waals surface area contributed by atoms with Gasteiger partial charge in [0.05, 0.1) is 16.4 Å². The van der Waals surface area contributed by atoms with Crippen molar-refractivity contribution < 1.29 is 9.18 Å². The number of aromatic amines is 1. The normalized spacial score (nSPS) is 14.8. The van der Waals surface area contributed by atoms with Crippen LogP contribution in [-0.4, -0.2) is 63.0 Å². The van der Waals surface area contributed by atoms with Crippen LogP contribution < -0.4 is 10.9 Å². The van der Waals surface area contributed by atoms with Crippen LogP contribution in [0.5, 0.6) is 0 Å². The second-order valence-corrected chi connectivity index (χ2v) is 9.64. The molecular formula is C28H31FN6O2. The Morgan fingerprint density at radius 1 is 1.16 bits per heavy atom. The van der Waals surface area contributed by atoms with Crippen LogP contribution in [0, 0.1) is 19.7 Å². The molecule has 2 aromatic heterocycles. The van der Waals surface area contributed by atoms with Gasteiger partial charge in [-0.1, -0.05) is 12.1 Å². The lowest BCUT2D eigenvalue weighted by atomic mass is 10.0. The van der Waals surface area contributed by atoms with Gasteiger partial charge < -0.3 is 19.8 Å². The van der Waals surface area contributed by atoms with Crippen molar-refractivity contribution in [1.82, 2.24) is 24.3 Å². The molecule has 1 saturated heterocycles. The van der Waals surface area contributed by atoms with Gasteiger partial charge in [-0.25, -0.2) is 9.37 Å². The average Bonchev–Trinajstić information content (AvgIpc) is 3.19. The molecule has 3 heterocycles. The van der Waals surface area contributed by atoms with Crippen molar-refractivity contribution in [2.24, 2.45) is 7.05 Å². The third kappa shape index (κ3) is 4.74. The number of nitrogens with zero attached hydrogens (tertiary/aromatic N) is 4. The number of H-pyrrole nitrogens is 1. The zero-order valence-electron chi connectivity index (χ0n) is 21.6. The maximum atomic E-state index is 13.5. The van der Waals surface area contributed by atoms with E-state index >= 15 is 0 Å². The minimum Gasteiger partial charge on any atom is -0.340 e. The molecule has 192 valence electrons. The third-order valence-corrected chi connectivity index (χ3v) is 7.22. The van der Waals surface area contributed by atoms with Crippen molar-refractivity contribution >= 4 is 45.4 Å². The smallest absolute Gasteiger partial charge is 0.258 e. The SMILES string of the molecule is CC(=O)N1CCN(CC=Cc2[nH]c(=O)c3c(ccc4nc(Nc5ccc(F)cc5C)n(C)c43)c2C)CC1. The number of carbonyl (C=O) groups is 1. The predicted molar refractivity (Wildman–Crippen MR) is 146 cm³/mol. The van der Waals surface area contributed by atoms with Gasteiger partial charge in [0.25, 0.3) is 5.56 Å². The largest absolute Gasteiger partial charge is 0.340 e. The number of amides is 1. The fourth-order valence-electron chi connectivity index (χ4n) is 5.00. The summed E-state index contributed by atoms with van der Waals surface area (Å²) < 4.78 is 15.4. The summed E-state index contributed by atoms with van der Waals surface area (Å²) in [5, 5.41) is 4.73. The molecule has 4 aromatic rings. The number of nitrogens with one attached hydrogen (secondary N) is 2. The van der Waals surface area contributed by atoms with E-state index in [1.165, 1.54) is 12.1 Å². The molecule has 0 bridgehead atoms. The van der Waals surface area contributed by atoms with E-state index in [4.69, 9.17) is 4.98 Å². The molecule has 0 spiro atoms. The Morgan fingerprint density at radius 2 is 1.92 bits per heavy atom. The fraction of sp³-hybridized carbons (Fsp3) is 0.321. The van der Waals surface area contributed by atoms with Gasteiger partial charge in [0.15, 0.2) is 0 Å². The highest BCUT2D eigenvalue weighted by atomic mass is 19.1. The second-order valence-electron chi connectivity index (χ2n) is 9.64. The lowest BCUT2D eigenvalue weighted by molar-refractivity contribution is -0.130. The van der Waals surface area contributed by atoms with Crippen molar-refractivity contribution in [1.29, 1.82) is 0 Å². The average molecular weight is 503 g/mol. The van der Waals surface area contributed by atoms with E-state index in [1.807, 2.05) is 48.6 Å². The maximum absolute atomic E-state index is 13.5. The summed E-state index contributed by atoms with van der Waals surface area (Å²) in [6, 6.07) is 8.42. The van der Waals surface area contributed by atoms with E-state index in [1.54, 1.807) is 13.0 Å². The summed E-state index contributed by atoms with van der Waals surface area (Å²) >= 11 is 0. The Hall–Kier alpha value is -3.98. The van der Waals surface area contributed by atoms with Crippen LogP contribution in [0.2, 0.25) is 0 Å². The number of aromatic nitrogens is 3. The van der Waals surface area contributed by atoms with Crippen molar-refractivity contribution in [2.45, 2.75) is 20.8 Å². The summed E-state index contributed by atoms with van der Waals surface area (Å²) in [4.78, 5) is 36.7. The van der Waals surface area contributed by atoms with Crippen LogP contribution in [0.1, 0.15) is 23.7 Å². The van der Waals surface area contributed by atoms with E-state index in [-0.39, 0.29) is 17.3 Å². The zero-order chi connectivity index (χ0) is 26.3. The summed E-state index contributed by atoms with van der Waals surface area (Å²) in [7, 11) is 1.87. The Balaban J connectivity index is 1.43. The van der Waals surface area contributed by atoms with Crippen LogP contribution in [0.15, 0.2) is 41.2 Å². The highest BCUT2D eigenvalue weighted by Gasteiger charge is 2.18. The first-order chi connectivity index (χ1) is 17.7. The highest BCUT2D eigenvalue weighted by Crippen LogP contribution is 2.30. The van der Waals surface area contributed by atoms with E-state index < -0.39 is 0 Å². The molecule has 1 fully saturated rings. The first-order valence-corrected chi connectivity index (χ1v) is 12.4. The van der Waals surface area contributed by atoms with Gasteiger partial charge in [-0.15, -0.1) is 0 Å². The number of imidazole rings is 1. The van der Waals surface area contributed by atoms with Crippen LogP contribution >= 0.6 is 0 Å². The molecule has 37 heavy (non-hydrogen) atoms. The maximum Gasteiger partial charge on any atom is 0.258 e. The topological polar surface area (TPSA) is 86.3 Å². The van der Waals surface area contributed by atoms with Gasteiger partial charge in [-0.2, -0.15) is 0 Å². The molecule has 1 aliphatic rings. The number of hydrogen-bond acceptors (Lipinski definition) is 5. The summed E-state index contributed by atoms with van der Waals surface area (Å²) in [5.74, 6) is 0.403. The van der Waals surface area contributed by atoms with Gasteiger partial charge in [-0.3, -0.25) is 14.5 Å². The number of piperazine rings is 1. The van der Waals surface area contributed by atoms with Crippen LogP contribution in [0.3, 0.4) is 0 Å². The summed E-state index contributed by atoms with van der Waals surface area (Å²) in [6.07, 6.45) is 4.02. The monoisotopic (exact) mass is 502 g/mol. The zero-order valence-corrected chi connectivity index (χ0v) is 21.6. The Bertz CT molecular complexity index is 1590. The Labute approximate surface area is 214 Å². The molecule has 2 N–H and O–H groups in total. The number of aryl methyl sites for hydroxylation is 3. The molecule has 5 rings (SSSR count). The lowest BCUT2D eigenvalue weighted by Crippen LogP contribution is -2.47. The van der Waals surface area contributed by atoms with Gasteiger partial charge in [-0.05, 0) is 60.7 Å². The number of anilines is 2. The highest BCUT2D eigenvalue weighted by molar-refractivity contribution is 6.06. The number of carbonyl (C=O) groups excluding carboxylic acids is 1. The minimum absolute atomic E-state index is 0.121. The first kappa shape index (κ1) is 24.7.